The Kier molecular flexibility index (Phi) is 4.50. The van der Waals surface area contributed by atoms with Crippen molar-refractivity contribution in [3.05, 3.63) is 0 Å². The molecule has 1 aliphatic rings. The van der Waals surface area contributed by atoms with Gasteiger partial charge in [0.25, 0.3) is 0 Å². The molecule has 0 aromatic rings. The van der Waals surface area contributed by atoms with E-state index in [9.17, 15) is 5.11 Å². The van der Waals surface area contributed by atoms with Gasteiger partial charge in [0.2, 0.25) is 0 Å². The lowest BCUT2D eigenvalue weighted by Crippen LogP contribution is -2.25. The highest BCUT2D eigenvalue weighted by Gasteiger charge is 2.13. The van der Waals surface area contributed by atoms with Crippen molar-refractivity contribution in [1.29, 1.82) is 0 Å². The normalized spacial score (nSPS) is 25.4. The van der Waals surface area contributed by atoms with E-state index in [1.54, 1.807) is 0 Å². The first-order valence-corrected chi connectivity index (χ1v) is 4.21. The standard InChI is InChI=1S/C8H15O3/c9-4-2-6-11-8-3-1-5-10-7-8/h8H,1-7H2. The fraction of sp³-hybridized carbons (Fsp3) is 1.00. The smallest absolute Gasteiger partial charge is 0.0844 e. The van der Waals surface area contributed by atoms with Gasteiger partial charge in [0.1, 0.15) is 0 Å². The van der Waals surface area contributed by atoms with Crippen LogP contribution in [0, 0.1) is 0 Å². The molecule has 3 heteroatoms. The number of rotatable bonds is 4. The molecule has 1 aliphatic heterocycles. The van der Waals surface area contributed by atoms with E-state index in [0.717, 1.165) is 19.4 Å². The van der Waals surface area contributed by atoms with Gasteiger partial charge >= 0.3 is 0 Å². The van der Waals surface area contributed by atoms with Gasteiger partial charge in [0.15, 0.2) is 0 Å². The number of hydrogen-bond donors (Lipinski definition) is 0. The van der Waals surface area contributed by atoms with Gasteiger partial charge in [-0.05, 0) is 19.3 Å². The molecule has 0 N–H and O–H groups in total. The van der Waals surface area contributed by atoms with E-state index in [4.69, 9.17) is 9.47 Å². The van der Waals surface area contributed by atoms with Crippen LogP contribution in [-0.4, -0.2) is 32.5 Å². The molecular formula is C8H15O3. The van der Waals surface area contributed by atoms with Crippen molar-refractivity contribution in [1.82, 2.24) is 0 Å². The van der Waals surface area contributed by atoms with E-state index in [1.807, 2.05) is 0 Å². The van der Waals surface area contributed by atoms with Gasteiger partial charge < -0.3 is 9.47 Å². The maximum atomic E-state index is 10.1. The summed E-state index contributed by atoms with van der Waals surface area (Å²) in [4.78, 5) is 0. The van der Waals surface area contributed by atoms with Crippen LogP contribution in [-0.2, 0) is 14.6 Å². The molecule has 0 aliphatic carbocycles. The predicted octanol–water partition coefficient (Wildman–Crippen LogP) is 1.00. The zero-order valence-corrected chi connectivity index (χ0v) is 6.75. The lowest BCUT2D eigenvalue weighted by Gasteiger charge is -2.21. The third kappa shape index (κ3) is 3.70. The Hall–Kier alpha value is -0.120. The van der Waals surface area contributed by atoms with Crippen molar-refractivity contribution in [3.63, 3.8) is 0 Å². The second kappa shape index (κ2) is 5.52. The van der Waals surface area contributed by atoms with E-state index in [1.165, 1.54) is 0 Å². The Balaban J connectivity index is 1.96. The highest BCUT2D eigenvalue weighted by Crippen LogP contribution is 2.09. The molecule has 1 radical (unpaired) electrons. The van der Waals surface area contributed by atoms with Crippen molar-refractivity contribution in [2.75, 3.05) is 26.4 Å². The first-order valence-electron chi connectivity index (χ1n) is 4.21. The minimum absolute atomic E-state index is 0.0341. The molecule has 0 bridgehead atoms. The fourth-order valence-corrected chi connectivity index (χ4v) is 1.15. The topological polar surface area (TPSA) is 38.4 Å². The van der Waals surface area contributed by atoms with Crippen LogP contribution < -0.4 is 0 Å². The molecule has 1 saturated heterocycles. The predicted molar refractivity (Wildman–Crippen MR) is 40.0 cm³/mol. The van der Waals surface area contributed by atoms with Gasteiger partial charge in [0.05, 0.1) is 19.3 Å². The zero-order valence-electron chi connectivity index (χ0n) is 6.75. The Morgan fingerprint density at radius 3 is 3.09 bits per heavy atom. The van der Waals surface area contributed by atoms with Crippen molar-refractivity contribution >= 4 is 0 Å². The lowest BCUT2D eigenvalue weighted by atomic mass is 10.2. The molecule has 1 heterocycles. The summed E-state index contributed by atoms with van der Waals surface area (Å²) in [5.74, 6) is 0. The lowest BCUT2D eigenvalue weighted by molar-refractivity contribution is -0.0537. The Bertz CT molecular complexity index is 89.3. The van der Waals surface area contributed by atoms with Crippen LogP contribution >= 0.6 is 0 Å². The van der Waals surface area contributed by atoms with Gasteiger partial charge in [-0.25, -0.2) is 5.11 Å². The van der Waals surface area contributed by atoms with Gasteiger partial charge in [-0.3, -0.25) is 0 Å². The quantitative estimate of drug-likeness (QED) is 0.574. The highest BCUT2D eigenvalue weighted by molar-refractivity contribution is 4.61. The van der Waals surface area contributed by atoms with Gasteiger partial charge in [-0.1, -0.05) is 0 Å². The summed E-state index contributed by atoms with van der Waals surface area (Å²) in [7, 11) is 0. The third-order valence-corrected chi connectivity index (χ3v) is 1.76. The Morgan fingerprint density at radius 1 is 1.55 bits per heavy atom. The number of hydrogen-bond acceptors (Lipinski definition) is 2. The van der Waals surface area contributed by atoms with Crippen molar-refractivity contribution in [3.8, 4) is 0 Å². The van der Waals surface area contributed by atoms with E-state index in [2.05, 4.69) is 0 Å². The fourth-order valence-electron chi connectivity index (χ4n) is 1.15. The van der Waals surface area contributed by atoms with E-state index < -0.39 is 0 Å². The molecule has 1 rings (SSSR count). The van der Waals surface area contributed by atoms with Crippen LogP contribution in [0.25, 0.3) is 0 Å². The van der Waals surface area contributed by atoms with Crippen molar-refractivity contribution < 1.29 is 14.6 Å². The molecular weight excluding hydrogens is 144 g/mol. The summed E-state index contributed by atoms with van der Waals surface area (Å²) in [6.07, 6.45) is 3.03. The first-order chi connectivity index (χ1) is 5.43. The van der Waals surface area contributed by atoms with Gasteiger partial charge in [-0.2, -0.15) is 0 Å². The Morgan fingerprint density at radius 2 is 2.45 bits per heavy atom. The second-order valence-electron chi connectivity index (χ2n) is 2.77. The van der Waals surface area contributed by atoms with E-state index in [0.29, 0.717) is 19.6 Å². The Labute approximate surface area is 67.3 Å². The molecule has 11 heavy (non-hydrogen) atoms. The zero-order chi connectivity index (χ0) is 7.94. The maximum Gasteiger partial charge on any atom is 0.0844 e. The molecule has 0 spiro atoms. The molecule has 65 valence electrons. The molecule has 0 saturated carbocycles. The van der Waals surface area contributed by atoms with Crippen LogP contribution in [0.1, 0.15) is 19.3 Å². The summed E-state index contributed by atoms with van der Waals surface area (Å²) in [5.41, 5.74) is 0. The average Bonchev–Trinajstić information content (AvgIpc) is 2.07. The van der Waals surface area contributed by atoms with Crippen molar-refractivity contribution in [2.24, 2.45) is 0 Å². The number of ether oxygens (including phenoxy) is 2. The molecule has 1 unspecified atom stereocenters. The SMILES string of the molecule is [O]CCCOC1CCCOC1. The van der Waals surface area contributed by atoms with Gasteiger partial charge in [0, 0.05) is 13.2 Å². The molecule has 1 atom stereocenters. The molecule has 0 aromatic heterocycles. The summed E-state index contributed by atoms with van der Waals surface area (Å²) in [6, 6.07) is 0. The average molecular weight is 159 g/mol. The first kappa shape index (κ1) is 8.97. The van der Waals surface area contributed by atoms with Crippen LogP contribution in [0.4, 0.5) is 0 Å². The molecule has 1 fully saturated rings. The third-order valence-electron chi connectivity index (χ3n) is 1.76. The van der Waals surface area contributed by atoms with Gasteiger partial charge in [-0.15, -0.1) is 0 Å². The summed E-state index contributed by atoms with van der Waals surface area (Å²) in [5, 5.41) is 10.1. The van der Waals surface area contributed by atoms with Crippen molar-refractivity contribution in [2.45, 2.75) is 25.4 Å². The highest BCUT2D eigenvalue weighted by atomic mass is 16.5. The van der Waals surface area contributed by atoms with Crippen LogP contribution in [0.3, 0.4) is 0 Å². The summed E-state index contributed by atoms with van der Waals surface area (Å²) >= 11 is 0. The minimum atomic E-state index is -0.0341. The maximum absolute atomic E-state index is 10.1. The monoisotopic (exact) mass is 159 g/mol. The van der Waals surface area contributed by atoms with Crippen LogP contribution in [0.2, 0.25) is 0 Å². The largest absolute Gasteiger partial charge is 0.379 e. The van der Waals surface area contributed by atoms with Crippen LogP contribution in [0.15, 0.2) is 0 Å². The summed E-state index contributed by atoms with van der Waals surface area (Å²) < 4.78 is 10.6. The molecule has 0 aromatic carbocycles. The second-order valence-corrected chi connectivity index (χ2v) is 2.77. The molecule has 0 amide bonds. The molecule has 3 nitrogen and oxygen atoms in total. The van der Waals surface area contributed by atoms with E-state index >= 15 is 0 Å². The van der Waals surface area contributed by atoms with Crippen LogP contribution in [0.5, 0.6) is 0 Å². The van der Waals surface area contributed by atoms with E-state index in [-0.39, 0.29) is 12.7 Å². The summed E-state index contributed by atoms with van der Waals surface area (Å²) in [6.45, 7) is 2.13. The minimum Gasteiger partial charge on any atom is -0.379 e.